The minimum atomic E-state index is -0.571. The van der Waals surface area contributed by atoms with E-state index in [9.17, 15) is 9.59 Å². The molecule has 0 spiro atoms. The number of ether oxygens (including phenoxy) is 2. The summed E-state index contributed by atoms with van der Waals surface area (Å²) in [7, 11) is 1.51. The lowest BCUT2D eigenvalue weighted by atomic mass is 9.81. The molecular weight excluding hydrogens is 308 g/mol. The van der Waals surface area contributed by atoms with Crippen molar-refractivity contribution in [3.05, 3.63) is 18.2 Å². The second-order valence-electron chi connectivity index (χ2n) is 6.51. The summed E-state index contributed by atoms with van der Waals surface area (Å²) in [6.07, 6.45) is 5.23. The van der Waals surface area contributed by atoms with Gasteiger partial charge in [-0.2, -0.15) is 0 Å². The molecule has 2 amide bonds. The third-order valence-electron chi connectivity index (χ3n) is 4.34. The van der Waals surface area contributed by atoms with Crippen LogP contribution in [-0.4, -0.2) is 25.5 Å². The number of methoxy groups -OCH3 is 1. The van der Waals surface area contributed by atoms with Gasteiger partial charge >= 0.3 is 0 Å². The van der Waals surface area contributed by atoms with Crippen molar-refractivity contribution >= 4 is 17.5 Å². The Hall–Kier alpha value is -2.24. The molecule has 0 saturated heterocycles. The van der Waals surface area contributed by atoms with Crippen molar-refractivity contribution in [2.45, 2.75) is 39.0 Å². The van der Waals surface area contributed by atoms with Crippen LogP contribution in [0.15, 0.2) is 18.2 Å². The van der Waals surface area contributed by atoms with Gasteiger partial charge in [-0.15, -0.1) is 0 Å². The fraction of sp³-hybridized carbons (Fsp3) is 0.556. The summed E-state index contributed by atoms with van der Waals surface area (Å²) < 4.78 is 10.5. The minimum Gasteiger partial charge on any atom is -0.493 e. The molecule has 6 heteroatoms. The van der Waals surface area contributed by atoms with Gasteiger partial charge in [-0.3, -0.25) is 9.59 Å². The van der Waals surface area contributed by atoms with Crippen LogP contribution >= 0.6 is 0 Å². The molecule has 0 aromatic heterocycles. The number of carbonyl (C=O) groups excluding carboxylic acids is 2. The molecule has 1 aromatic carbocycles. The highest BCUT2D eigenvalue weighted by Gasteiger charge is 2.21. The monoisotopic (exact) mass is 334 g/mol. The number of rotatable bonds is 7. The number of nitrogens with two attached hydrogens (primary N) is 1. The van der Waals surface area contributed by atoms with Crippen LogP contribution in [0.3, 0.4) is 0 Å². The summed E-state index contributed by atoms with van der Waals surface area (Å²) in [6.45, 7) is 2.00. The third kappa shape index (κ3) is 5.44. The molecule has 1 aromatic rings. The van der Waals surface area contributed by atoms with Crippen molar-refractivity contribution in [2.24, 2.45) is 17.6 Å². The molecule has 0 unspecified atom stereocenters. The second kappa shape index (κ2) is 8.57. The Morgan fingerprint density at radius 3 is 2.75 bits per heavy atom. The number of hydrogen-bond acceptors (Lipinski definition) is 4. The minimum absolute atomic E-state index is 0.000109. The summed E-state index contributed by atoms with van der Waals surface area (Å²) in [5.74, 6) is 1.44. The maximum Gasteiger partial charge on any atom is 0.255 e. The maximum absolute atomic E-state index is 12.3. The first-order chi connectivity index (χ1) is 11.5. The predicted octanol–water partition coefficient (Wildman–Crippen LogP) is 2.71. The summed E-state index contributed by atoms with van der Waals surface area (Å²) in [6, 6.07) is 5.08. The Morgan fingerprint density at radius 1 is 1.29 bits per heavy atom. The van der Waals surface area contributed by atoms with Crippen LogP contribution in [0.25, 0.3) is 0 Å². The molecule has 1 aliphatic rings. The van der Waals surface area contributed by atoms with Gasteiger partial charge in [0.2, 0.25) is 5.91 Å². The smallest absolute Gasteiger partial charge is 0.255 e. The summed E-state index contributed by atoms with van der Waals surface area (Å²) in [5.41, 5.74) is 5.71. The van der Waals surface area contributed by atoms with Gasteiger partial charge in [-0.25, -0.2) is 0 Å². The van der Waals surface area contributed by atoms with Gasteiger partial charge < -0.3 is 20.5 Å². The van der Waals surface area contributed by atoms with Crippen LogP contribution < -0.4 is 20.5 Å². The van der Waals surface area contributed by atoms with Gasteiger partial charge in [0.1, 0.15) is 0 Å². The number of primary amides is 1. The average molecular weight is 334 g/mol. The molecule has 2 rings (SSSR count). The highest BCUT2D eigenvalue weighted by Crippen LogP contribution is 2.32. The number of nitrogens with one attached hydrogen (secondary N) is 1. The topological polar surface area (TPSA) is 90.7 Å². The Morgan fingerprint density at radius 2 is 2.08 bits per heavy atom. The highest BCUT2D eigenvalue weighted by atomic mass is 16.5. The normalized spacial score (nSPS) is 20.2. The van der Waals surface area contributed by atoms with Crippen LogP contribution in [0.4, 0.5) is 5.69 Å². The van der Waals surface area contributed by atoms with Crippen LogP contribution in [0.2, 0.25) is 0 Å². The molecule has 1 fully saturated rings. The Bertz CT molecular complexity index is 588. The quantitative estimate of drug-likeness (QED) is 0.802. The molecule has 1 saturated carbocycles. The van der Waals surface area contributed by atoms with Crippen molar-refractivity contribution < 1.29 is 19.1 Å². The fourth-order valence-electron chi connectivity index (χ4n) is 3.24. The fourth-order valence-corrected chi connectivity index (χ4v) is 3.24. The Labute approximate surface area is 142 Å². The standard InChI is InChI=1S/C18H26N2O4/c1-12-4-3-5-13(8-12)9-18(22)20-14-6-7-15(23-2)16(10-14)24-11-17(19)21/h6-7,10,12-13H,3-5,8-9,11H2,1-2H3,(H2,19,21)(H,20,22)/t12-,13+/m1/s1. The molecular formula is C18H26N2O4. The average Bonchev–Trinajstić information content (AvgIpc) is 2.53. The molecule has 0 radical (unpaired) electrons. The largest absolute Gasteiger partial charge is 0.493 e. The van der Waals surface area contributed by atoms with Crippen molar-refractivity contribution in [3.8, 4) is 11.5 Å². The zero-order valence-corrected chi connectivity index (χ0v) is 14.3. The zero-order valence-electron chi connectivity index (χ0n) is 14.3. The lowest BCUT2D eigenvalue weighted by Gasteiger charge is -2.26. The molecule has 0 heterocycles. The van der Waals surface area contributed by atoms with E-state index in [1.165, 1.54) is 20.0 Å². The Kier molecular flexibility index (Phi) is 6.46. The zero-order chi connectivity index (χ0) is 17.5. The number of benzene rings is 1. The molecule has 132 valence electrons. The third-order valence-corrected chi connectivity index (χ3v) is 4.34. The number of anilines is 1. The van der Waals surface area contributed by atoms with Crippen LogP contribution in [-0.2, 0) is 9.59 Å². The molecule has 24 heavy (non-hydrogen) atoms. The SMILES string of the molecule is COc1ccc(NC(=O)C[C@H]2CCC[C@@H](C)C2)cc1OCC(N)=O. The van der Waals surface area contributed by atoms with E-state index in [4.69, 9.17) is 15.2 Å². The maximum atomic E-state index is 12.3. The molecule has 0 bridgehead atoms. The molecule has 3 N–H and O–H groups in total. The molecule has 2 atom stereocenters. The molecule has 6 nitrogen and oxygen atoms in total. The van der Waals surface area contributed by atoms with Gasteiger partial charge in [-0.05, 0) is 36.8 Å². The van der Waals surface area contributed by atoms with Crippen molar-refractivity contribution in [3.63, 3.8) is 0 Å². The first-order valence-corrected chi connectivity index (χ1v) is 8.37. The van der Waals surface area contributed by atoms with E-state index < -0.39 is 5.91 Å². The lowest BCUT2D eigenvalue weighted by molar-refractivity contribution is -0.120. The van der Waals surface area contributed by atoms with Gasteiger partial charge in [0, 0.05) is 18.2 Å². The van der Waals surface area contributed by atoms with E-state index in [-0.39, 0.29) is 12.5 Å². The van der Waals surface area contributed by atoms with Crippen molar-refractivity contribution in [1.82, 2.24) is 0 Å². The number of carbonyl (C=O) groups is 2. The van der Waals surface area contributed by atoms with Gasteiger partial charge in [0.15, 0.2) is 18.1 Å². The van der Waals surface area contributed by atoms with E-state index in [2.05, 4.69) is 12.2 Å². The number of amides is 2. The van der Waals surface area contributed by atoms with E-state index in [1.807, 2.05) is 0 Å². The van der Waals surface area contributed by atoms with E-state index in [1.54, 1.807) is 18.2 Å². The lowest BCUT2D eigenvalue weighted by Crippen LogP contribution is -2.21. The van der Waals surface area contributed by atoms with E-state index >= 15 is 0 Å². The first-order valence-electron chi connectivity index (χ1n) is 8.37. The van der Waals surface area contributed by atoms with Crippen molar-refractivity contribution in [1.29, 1.82) is 0 Å². The summed E-state index contributed by atoms with van der Waals surface area (Å²) in [5, 5.41) is 2.89. The van der Waals surface area contributed by atoms with Gasteiger partial charge in [0.05, 0.1) is 7.11 Å². The molecule has 0 aliphatic heterocycles. The van der Waals surface area contributed by atoms with Crippen LogP contribution in [0, 0.1) is 11.8 Å². The summed E-state index contributed by atoms with van der Waals surface area (Å²) in [4.78, 5) is 23.1. The van der Waals surface area contributed by atoms with E-state index in [0.717, 1.165) is 12.8 Å². The van der Waals surface area contributed by atoms with Crippen LogP contribution in [0.5, 0.6) is 11.5 Å². The van der Waals surface area contributed by atoms with E-state index in [0.29, 0.717) is 35.4 Å². The first kappa shape index (κ1) is 18.1. The van der Waals surface area contributed by atoms with Crippen molar-refractivity contribution in [2.75, 3.05) is 19.0 Å². The Balaban J connectivity index is 1.96. The van der Waals surface area contributed by atoms with Gasteiger partial charge in [0.25, 0.3) is 5.91 Å². The molecule has 1 aliphatic carbocycles. The van der Waals surface area contributed by atoms with Gasteiger partial charge in [-0.1, -0.05) is 19.8 Å². The number of hydrogen-bond donors (Lipinski definition) is 2. The highest BCUT2D eigenvalue weighted by molar-refractivity contribution is 5.91. The van der Waals surface area contributed by atoms with Crippen LogP contribution in [0.1, 0.15) is 39.0 Å². The second-order valence-corrected chi connectivity index (χ2v) is 6.51. The predicted molar refractivity (Wildman–Crippen MR) is 92.1 cm³/mol. The summed E-state index contributed by atoms with van der Waals surface area (Å²) >= 11 is 0.